The molecule has 1 aliphatic heterocycles. The number of hydrogen-bond acceptors (Lipinski definition) is 1. The summed E-state index contributed by atoms with van der Waals surface area (Å²) in [6.07, 6.45) is 0.732. The Labute approximate surface area is 121 Å². The molecular formula is C17H24FNO. The normalized spacial score (nSPS) is 27.2. The molecule has 3 heteroatoms. The highest BCUT2D eigenvalue weighted by Gasteiger charge is 2.38. The number of nitrogens with zero attached hydrogens (tertiary/aromatic N) is 1. The zero-order valence-electron chi connectivity index (χ0n) is 12.8. The highest BCUT2D eigenvalue weighted by Crippen LogP contribution is 2.37. The fourth-order valence-electron chi connectivity index (χ4n) is 3.19. The molecular weight excluding hydrogens is 253 g/mol. The zero-order chi connectivity index (χ0) is 14.9. The van der Waals surface area contributed by atoms with E-state index in [1.54, 1.807) is 6.07 Å². The molecule has 1 saturated heterocycles. The summed E-state index contributed by atoms with van der Waals surface area (Å²) >= 11 is 0. The number of piperidine rings is 1. The van der Waals surface area contributed by atoms with Gasteiger partial charge >= 0.3 is 0 Å². The number of halogens is 1. The maximum atomic E-state index is 14.1. The van der Waals surface area contributed by atoms with Crippen molar-refractivity contribution in [3.8, 4) is 0 Å². The number of amides is 1. The van der Waals surface area contributed by atoms with Crippen molar-refractivity contribution in [3.63, 3.8) is 0 Å². The van der Waals surface area contributed by atoms with Crippen LogP contribution in [0.5, 0.6) is 0 Å². The molecule has 0 aliphatic carbocycles. The molecule has 0 aromatic heterocycles. The summed E-state index contributed by atoms with van der Waals surface area (Å²) in [6, 6.07) is 7.01. The van der Waals surface area contributed by atoms with Crippen molar-refractivity contribution in [1.29, 1.82) is 0 Å². The maximum absolute atomic E-state index is 14.1. The fraction of sp³-hybridized carbons (Fsp3) is 0.588. The number of carbonyl (C=O) groups excluding carboxylic acids is 1. The predicted molar refractivity (Wildman–Crippen MR) is 78.9 cm³/mol. The first-order valence-corrected chi connectivity index (χ1v) is 7.46. The summed E-state index contributed by atoms with van der Waals surface area (Å²) in [5, 5.41) is 0. The topological polar surface area (TPSA) is 20.3 Å². The summed E-state index contributed by atoms with van der Waals surface area (Å²) in [5.41, 5.74) is 0.744. The van der Waals surface area contributed by atoms with Gasteiger partial charge in [0.05, 0.1) is 0 Å². The molecule has 20 heavy (non-hydrogen) atoms. The second-order valence-corrected chi connectivity index (χ2v) is 6.39. The molecule has 3 atom stereocenters. The van der Waals surface area contributed by atoms with Gasteiger partial charge in [0, 0.05) is 24.4 Å². The molecule has 1 aromatic rings. The Hall–Kier alpha value is -1.38. The Bertz CT molecular complexity index is 486. The summed E-state index contributed by atoms with van der Waals surface area (Å²) in [5.74, 6) is 0.527. The number of carbonyl (C=O) groups is 1. The van der Waals surface area contributed by atoms with E-state index in [0.717, 1.165) is 18.5 Å². The first-order chi connectivity index (χ1) is 9.41. The molecule has 2 rings (SSSR count). The number of hydrogen-bond donors (Lipinski definition) is 0. The van der Waals surface area contributed by atoms with Crippen molar-refractivity contribution >= 4 is 5.91 Å². The highest BCUT2D eigenvalue weighted by atomic mass is 19.1. The Balaban J connectivity index is 2.31. The lowest BCUT2D eigenvalue weighted by molar-refractivity contribution is -0.142. The Kier molecular flexibility index (Phi) is 4.46. The Morgan fingerprint density at radius 3 is 2.55 bits per heavy atom. The predicted octanol–water partition coefficient (Wildman–Crippen LogP) is 3.82. The van der Waals surface area contributed by atoms with Crippen LogP contribution in [0, 0.1) is 17.7 Å². The number of likely N-dealkylation sites (tertiary alicyclic amines) is 1. The summed E-state index contributed by atoms with van der Waals surface area (Å²) in [7, 11) is 0. The van der Waals surface area contributed by atoms with E-state index in [2.05, 4.69) is 13.8 Å². The van der Waals surface area contributed by atoms with Crippen LogP contribution in [-0.2, 0) is 4.79 Å². The Morgan fingerprint density at radius 2 is 1.95 bits per heavy atom. The van der Waals surface area contributed by atoms with Crippen molar-refractivity contribution in [3.05, 3.63) is 35.6 Å². The second kappa shape index (κ2) is 5.94. The minimum Gasteiger partial charge on any atom is -0.339 e. The van der Waals surface area contributed by atoms with Gasteiger partial charge in [-0.05, 0) is 30.9 Å². The molecule has 0 N–H and O–H groups in total. The molecule has 1 aliphatic rings. The van der Waals surface area contributed by atoms with E-state index in [1.165, 1.54) is 6.07 Å². The van der Waals surface area contributed by atoms with Crippen molar-refractivity contribution in [2.24, 2.45) is 11.8 Å². The van der Waals surface area contributed by atoms with Crippen LogP contribution in [0.15, 0.2) is 24.3 Å². The van der Waals surface area contributed by atoms with Crippen LogP contribution >= 0.6 is 0 Å². The monoisotopic (exact) mass is 277 g/mol. The highest BCUT2D eigenvalue weighted by molar-refractivity contribution is 5.80. The molecule has 1 amide bonds. The van der Waals surface area contributed by atoms with E-state index in [1.807, 2.05) is 30.9 Å². The standard InChI is InChI=1S/C17H24FNO/c1-11(2)10-19-13(4)15(9-12(3)17(19)20)14-7-5-6-8-16(14)18/h5-8,11-13,15H,9-10H2,1-4H3/t12-,13+,15+/m0/s1. The summed E-state index contributed by atoms with van der Waals surface area (Å²) in [4.78, 5) is 14.3. The third-order valence-electron chi connectivity index (χ3n) is 4.25. The molecule has 2 nitrogen and oxygen atoms in total. The molecule has 0 bridgehead atoms. The van der Waals surface area contributed by atoms with Crippen molar-refractivity contribution in [2.45, 2.75) is 46.1 Å². The molecule has 0 radical (unpaired) electrons. The first-order valence-electron chi connectivity index (χ1n) is 7.46. The molecule has 1 fully saturated rings. The largest absolute Gasteiger partial charge is 0.339 e. The lowest BCUT2D eigenvalue weighted by Gasteiger charge is -2.43. The van der Waals surface area contributed by atoms with Gasteiger partial charge in [-0.3, -0.25) is 4.79 Å². The van der Waals surface area contributed by atoms with Crippen LogP contribution in [-0.4, -0.2) is 23.4 Å². The average Bonchev–Trinajstić information content (AvgIpc) is 2.40. The number of benzene rings is 1. The average molecular weight is 277 g/mol. The van der Waals surface area contributed by atoms with E-state index < -0.39 is 0 Å². The lowest BCUT2D eigenvalue weighted by atomic mass is 9.79. The van der Waals surface area contributed by atoms with Crippen LogP contribution in [0.25, 0.3) is 0 Å². The van der Waals surface area contributed by atoms with Crippen LogP contribution in [0.1, 0.15) is 45.6 Å². The van der Waals surface area contributed by atoms with Crippen molar-refractivity contribution in [2.75, 3.05) is 6.54 Å². The number of rotatable bonds is 3. The summed E-state index contributed by atoms with van der Waals surface area (Å²) < 4.78 is 14.1. The third kappa shape index (κ3) is 2.87. The summed E-state index contributed by atoms with van der Waals surface area (Å²) in [6.45, 7) is 8.96. The molecule has 110 valence electrons. The van der Waals surface area contributed by atoms with Gasteiger partial charge in [-0.2, -0.15) is 0 Å². The van der Waals surface area contributed by atoms with Gasteiger partial charge in [0.15, 0.2) is 0 Å². The van der Waals surface area contributed by atoms with Gasteiger partial charge in [0.25, 0.3) is 0 Å². The smallest absolute Gasteiger partial charge is 0.225 e. The van der Waals surface area contributed by atoms with Crippen molar-refractivity contribution in [1.82, 2.24) is 4.90 Å². The van der Waals surface area contributed by atoms with E-state index in [9.17, 15) is 9.18 Å². The quantitative estimate of drug-likeness (QED) is 0.822. The molecule has 1 aromatic carbocycles. The van der Waals surface area contributed by atoms with Gasteiger partial charge in [-0.1, -0.05) is 39.0 Å². The third-order valence-corrected chi connectivity index (χ3v) is 4.25. The SMILES string of the molecule is CC(C)CN1C(=O)[C@@H](C)C[C@@H](c2ccccc2F)[C@H]1C. The van der Waals surface area contributed by atoms with Gasteiger partial charge < -0.3 is 4.90 Å². The van der Waals surface area contributed by atoms with Crippen LogP contribution in [0.3, 0.4) is 0 Å². The maximum Gasteiger partial charge on any atom is 0.225 e. The fourth-order valence-corrected chi connectivity index (χ4v) is 3.19. The minimum atomic E-state index is -0.157. The minimum absolute atomic E-state index is 0.0328. The molecule has 0 spiro atoms. The van der Waals surface area contributed by atoms with Gasteiger partial charge in [0.1, 0.15) is 5.82 Å². The van der Waals surface area contributed by atoms with Crippen LogP contribution < -0.4 is 0 Å². The van der Waals surface area contributed by atoms with Gasteiger partial charge in [0.2, 0.25) is 5.91 Å². The molecule has 0 unspecified atom stereocenters. The molecule has 0 saturated carbocycles. The molecule has 1 heterocycles. The zero-order valence-corrected chi connectivity index (χ0v) is 12.8. The van der Waals surface area contributed by atoms with Crippen LogP contribution in [0.4, 0.5) is 4.39 Å². The van der Waals surface area contributed by atoms with Crippen molar-refractivity contribution < 1.29 is 9.18 Å². The Morgan fingerprint density at radius 1 is 1.30 bits per heavy atom. The van der Waals surface area contributed by atoms with E-state index >= 15 is 0 Å². The van der Waals surface area contributed by atoms with Gasteiger partial charge in [-0.25, -0.2) is 4.39 Å². The van der Waals surface area contributed by atoms with E-state index in [0.29, 0.717) is 5.92 Å². The van der Waals surface area contributed by atoms with Crippen LogP contribution in [0.2, 0.25) is 0 Å². The van der Waals surface area contributed by atoms with E-state index in [-0.39, 0.29) is 29.6 Å². The second-order valence-electron chi connectivity index (χ2n) is 6.39. The van der Waals surface area contributed by atoms with E-state index in [4.69, 9.17) is 0 Å². The lowest BCUT2D eigenvalue weighted by Crippen LogP contribution is -2.51. The van der Waals surface area contributed by atoms with Gasteiger partial charge in [-0.15, -0.1) is 0 Å². The first kappa shape index (κ1) is 15.0.